The zero-order chi connectivity index (χ0) is 28.8. The van der Waals surface area contributed by atoms with E-state index in [4.69, 9.17) is 0 Å². The number of carboxylic acid groups (broad SMARTS) is 1. The first-order valence-electron chi connectivity index (χ1n) is 12.0. The first-order valence-corrected chi connectivity index (χ1v) is 12.9. The Morgan fingerprint density at radius 2 is 1.88 bits per heavy atom. The van der Waals surface area contributed by atoms with Gasteiger partial charge in [-0.15, -0.1) is 0 Å². The maximum atomic E-state index is 14.0. The molecule has 14 heteroatoms. The van der Waals surface area contributed by atoms with E-state index >= 15 is 0 Å². The van der Waals surface area contributed by atoms with Crippen LogP contribution in [0.2, 0.25) is 0 Å². The summed E-state index contributed by atoms with van der Waals surface area (Å²) in [6, 6.07) is 6.25. The summed E-state index contributed by atoms with van der Waals surface area (Å²) in [5.74, 6) is -2.36. The lowest BCUT2D eigenvalue weighted by Crippen LogP contribution is -2.40. The number of alkyl halides is 6. The Labute approximate surface area is 226 Å². The zero-order valence-electron chi connectivity index (χ0n) is 20.4. The van der Waals surface area contributed by atoms with Gasteiger partial charge in [0.05, 0.1) is 33.7 Å². The van der Waals surface area contributed by atoms with Gasteiger partial charge in [-0.2, -0.15) is 36.4 Å². The lowest BCUT2D eigenvalue weighted by Gasteiger charge is -2.31. The van der Waals surface area contributed by atoms with Crippen LogP contribution in [0, 0.1) is 5.92 Å². The van der Waals surface area contributed by atoms with Crippen LogP contribution in [0.15, 0.2) is 52.5 Å². The van der Waals surface area contributed by atoms with Gasteiger partial charge in [-0.25, -0.2) is 0 Å². The molecule has 2 aliphatic heterocycles. The lowest BCUT2D eigenvalue weighted by atomic mass is 9.92. The number of rotatable bonds is 4. The summed E-state index contributed by atoms with van der Waals surface area (Å²) < 4.78 is 81.6. The highest BCUT2D eigenvalue weighted by Crippen LogP contribution is 2.42. The van der Waals surface area contributed by atoms with Crippen LogP contribution in [0.5, 0.6) is 0 Å². The van der Waals surface area contributed by atoms with Gasteiger partial charge in [-0.05, 0) is 72.0 Å². The van der Waals surface area contributed by atoms with Crippen LogP contribution < -0.4 is 0 Å². The Hall–Kier alpha value is -3.81. The maximum Gasteiger partial charge on any atom is 0.416 e. The van der Waals surface area contributed by atoms with Crippen molar-refractivity contribution in [3.05, 3.63) is 69.8 Å². The highest BCUT2D eigenvalue weighted by atomic mass is 32.2. The van der Waals surface area contributed by atoms with Crippen molar-refractivity contribution < 1.29 is 41.0 Å². The monoisotopic (exact) mass is 582 g/mol. The standard InChI is InChI=1S/C26H20F6N4O3S/c27-25(28,29)17-5-3-14(19(10-17)26(30,31)32)9-18(13-4-6-20-16(8-13)11-33-35-20)21-22(37)34-24(40-21)36-7-1-2-15(12-36)23(38)39/h3-6,8,10-11,15H,1-2,7,9,12H2,(H,33,35)(H,38,39)/t15-/m0/s1. The largest absolute Gasteiger partial charge is 0.481 e. The predicted octanol–water partition coefficient (Wildman–Crippen LogP) is 5.98. The van der Waals surface area contributed by atoms with Crippen molar-refractivity contribution in [2.45, 2.75) is 31.6 Å². The molecule has 1 aromatic heterocycles. The summed E-state index contributed by atoms with van der Waals surface area (Å²) in [5.41, 5.74) is -2.19. The van der Waals surface area contributed by atoms with Crippen molar-refractivity contribution in [1.82, 2.24) is 15.1 Å². The first-order chi connectivity index (χ1) is 18.8. The number of hydrogen-bond acceptors (Lipinski definition) is 5. The molecule has 5 rings (SSSR count). The number of fused-ring (bicyclic) bond motifs is 1. The average molecular weight is 583 g/mol. The van der Waals surface area contributed by atoms with E-state index in [2.05, 4.69) is 15.2 Å². The summed E-state index contributed by atoms with van der Waals surface area (Å²) in [5, 5.41) is 16.9. The fourth-order valence-electron chi connectivity index (χ4n) is 4.78. The number of aromatic amines is 1. The Morgan fingerprint density at radius 1 is 1.10 bits per heavy atom. The molecule has 210 valence electrons. The molecule has 0 aliphatic carbocycles. The Bertz CT molecular complexity index is 1560. The van der Waals surface area contributed by atoms with Gasteiger partial charge in [0.1, 0.15) is 0 Å². The van der Waals surface area contributed by atoms with Crippen LogP contribution in [0.3, 0.4) is 0 Å². The molecular weight excluding hydrogens is 562 g/mol. The lowest BCUT2D eigenvalue weighted by molar-refractivity contribution is -0.144. The molecule has 0 unspecified atom stereocenters. The maximum absolute atomic E-state index is 14.0. The number of carbonyl (C=O) groups excluding carboxylic acids is 1. The Morgan fingerprint density at radius 3 is 2.58 bits per heavy atom. The fourth-order valence-corrected chi connectivity index (χ4v) is 5.83. The molecule has 0 radical (unpaired) electrons. The molecule has 0 saturated carbocycles. The van der Waals surface area contributed by atoms with Gasteiger partial charge in [0.2, 0.25) is 0 Å². The number of H-pyrrole nitrogens is 1. The summed E-state index contributed by atoms with van der Waals surface area (Å²) in [7, 11) is 0. The van der Waals surface area contributed by atoms with E-state index in [0.29, 0.717) is 41.9 Å². The molecule has 1 amide bonds. The van der Waals surface area contributed by atoms with Gasteiger partial charge >= 0.3 is 18.3 Å². The number of hydrogen-bond donors (Lipinski definition) is 2. The molecule has 1 atom stereocenters. The van der Waals surface area contributed by atoms with E-state index in [9.17, 15) is 41.0 Å². The van der Waals surface area contributed by atoms with E-state index in [1.54, 1.807) is 23.1 Å². The van der Waals surface area contributed by atoms with Crippen LogP contribution in [0.25, 0.3) is 16.5 Å². The summed E-state index contributed by atoms with van der Waals surface area (Å²) in [6.07, 6.45) is -8.07. The van der Waals surface area contributed by atoms with E-state index in [0.717, 1.165) is 17.8 Å². The predicted molar refractivity (Wildman–Crippen MR) is 135 cm³/mol. The number of thioether (sulfide) groups is 1. The Balaban J connectivity index is 1.59. The smallest absolute Gasteiger partial charge is 0.416 e. The number of likely N-dealkylation sites (tertiary alicyclic amines) is 1. The minimum absolute atomic E-state index is 0.0170. The average Bonchev–Trinajstić information content (AvgIpc) is 3.52. The van der Waals surface area contributed by atoms with Crippen LogP contribution in [-0.2, 0) is 28.4 Å². The molecule has 2 aromatic carbocycles. The Kier molecular flexibility index (Phi) is 7.15. The summed E-state index contributed by atoms with van der Waals surface area (Å²) in [4.78, 5) is 30.4. The van der Waals surface area contributed by atoms with Crippen molar-refractivity contribution >= 4 is 45.3 Å². The number of nitrogens with one attached hydrogen (secondary N) is 1. The molecular formula is C26H20F6N4O3S. The van der Waals surface area contributed by atoms with E-state index in [-0.39, 0.29) is 28.3 Å². The number of piperidine rings is 1. The number of amides is 1. The van der Waals surface area contributed by atoms with Gasteiger partial charge in [-0.3, -0.25) is 14.7 Å². The highest BCUT2D eigenvalue weighted by molar-refractivity contribution is 8.18. The summed E-state index contributed by atoms with van der Waals surface area (Å²) in [6.45, 7) is 0.568. The highest BCUT2D eigenvalue weighted by Gasteiger charge is 2.39. The molecule has 7 nitrogen and oxygen atoms in total. The molecule has 40 heavy (non-hydrogen) atoms. The van der Waals surface area contributed by atoms with Crippen LogP contribution >= 0.6 is 11.8 Å². The van der Waals surface area contributed by atoms with E-state index < -0.39 is 53.3 Å². The quantitative estimate of drug-likeness (QED) is 0.290. The third kappa shape index (κ3) is 5.58. The van der Waals surface area contributed by atoms with Gasteiger partial charge in [0.25, 0.3) is 5.91 Å². The van der Waals surface area contributed by atoms with Crippen LogP contribution in [0.1, 0.15) is 35.1 Å². The van der Waals surface area contributed by atoms with E-state index in [1.165, 1.54) is 6.20 Å². The molecule has 1 fully saturated rings. The normalized spacial score (nSPS) is 19.8. The summed E-state index contributed by atoms with van der Waals surface area (Å²) >= 11 is 0.918. The minimum atomic E-state index is -5.09. The van der Waals surface area contributed by atoms with Gasteiger partial charge in [0, 0.05) is 18.5 Å². The molecule has 2 aliphatic rings. The van der Waals surface area contributed by atoms with Crippen molar-refractivity contribution in [1.29, 1.82) is 0 Å². The van der Waals surface area contributed by atoms with Crippen molar-refractivity contribution in [3.8, 4) is 0 Å². The van der Waals surface area contributed by atoms with Gasteiger partial charge in [-0.1, -0.05) is 12.1 Å². The number of amidine groups is 1. The molecule has 0 spiro atoms. The molecule has 3 aromatic rings. The number of carbonyl (C=O) groups is 2. The number of nitrogens with zero attached hydrogens (tertiary/aromatic N) is 3. The zero-order valence-corrected chi connectivity index (χ0v) is 21.3. The third-order valence-electron chi connectivity index (χ3n) is 6.80. The molecule has 2 N–H and O–H groups in total. The SMILES string of the molecule is O=C1N=C(N2CCC[C@H](C(=O)O)C2)SC1=C(Cc1ccc(C(F)(F)F)cc1C(F)(F)F)c1ccc2[nH]ncc2c1. The minimum Gasteiger partial charge on any atom is -0.481 e. The number of aliphatic carboxylic acids is 1. The second kappa shape index (κ2) is 10.3. The van der Waals surface area contributed by atoms with Crippen LogP contribution in [0.4, 0.5) is 26.3 Å². The number of aromatic nitrogens is 2. The van der Waals surface area contributed by atoms with Crippen molar-refractivity contribution in [3.63, 3.8) is 0 Å². The third-order valence-corrected chi connectivity index (χ3v) is 7.96. The molecule has 1 saturated heterocycles. The molecule has 3 heterocycles. The molecule has 0 bridgehead atoms. The fraction of sp³-hybridized carbons (Fsp3) is 0.308. The first kappa shape index (κ1) is 27.7. The second-order valence-electron chi connectivity index (χ2n) is 9.45. The van der Waals surface area contributed by atoms with Crippen molar-refractivity contribution in [2.24, 2.45) is 10.9 Å². The number of carboxylic acids is 1. The van der Waals surface area contributed by atoms with Crippen molar-refractivity contribution in [2.75, 3.05) is 13.1 Å². The number of aliphatic imine (C=N–C) groups is 1. The second-order valence-corrected chi connectivity index (χ2v) is 10.4. The van der Waals surface area contributed by atoms with E-state index in [1.807, 2.05) is 0 Å². The topological polar surface area (TPSA) is 98.6 Å². The number of halogens is 6. The number of allylic oxidation sites excluding steroid dienone is 1. The number of benzene rings is 2. The van der Waals surface area contributed by atoms with Gasteiger partial charge in [0.15, 0.2) is 5.17 Å². The van der Waals surface area contributed by atoms with Gasteiger partial charge < -0.3 is 10.0 Å². The van der Waals surface area contributed by atoms with Crippen LogP contribution in [-0.4, -0.2) is 50.3 Å².